The Morgan fingerprint density at radius 2 is 1.41 bits per heavy atom. The van der Waals surface area contributed by atoms with Gasteiger partial charge in [-0.25, -0.2) is 8.42 Å². The zero-order valence-corrected chi connectivity index (χ0v) is 21.0. The SMILES string of the molecule is Cc1ccc(S(=O)(=O)N(/C=C/C(=C/[Si](C)(C)C)c2ccccc2)Cc2ccccc2)cc1. The highest BCUT2D eigenvalue weighted by atomic mass is 32.2. The maximum absolute atomic E-state index is 13.5. The molecule has 0 aromatic heterocycles. The predicted octanol–water partition coefficient (Wildman–Crippen LogP) is 6.66. The van der Waals surface area contributed by atoms with Gasteiger partial charge < -0.3 is 0 Å². The van der Waals surface area contributed by atoms with Crippen LogP contribution < -0.4 is 0 Å². The third-order valence-electron chi connectivity index (χ3n) is 4.92. The zero-order valence-electron chi connectivity index (χ0n) is 19.2. The molecule has 0 amide bonds. The third-order valence-corrected chi connectivity index (χ3v) is 7.84. The number of allylic oxidation sites excluding steroid dienone is 2. The molecule has 0 aliphatic heterocycles. The Kier molecular flexibility index (Phi) is 7.54. The lowest BCUT2D eigenvalue weighted by Gasteiger charge is -2.21. The first-order valence-corrected chi connectivity index (χ1v) is 15.8. The van der Waals surface area contributed by atoms with Gasteiger partial charge in [0.2, 0.25) is 0 Å². The molecule has 0 saturated carbocycles. The van der Waals surface area contributed by atoms with E-state index < -0.39 is 18.1 Å². The van der Waals surface area contributed by atoms with Crippen LogP contribution in [-0.4, -0.2) is 20.8 Å². The van der Waals surface area contributed by atoms with Crippen molar-refractivity contribution in [2.24, 2.45) is 0 Å². The number of benzene rings is 3. The van der Waals surface area contributed by atoms with Crippen molar-refractivity contribution in [2.45, 2.75) is 38.0 Å². The maximum Gasteiger partial charge on any atom is 0.264 e. The summed E-state index contributed by atoms with van der Waals surface area (Å²) in [7, 11) is -5.25. The summed E-state index contributed by atoms with van der Waals surface area (Å²) >= 11 is 0. The number of aryl methyl sites for hydroxylation is 1. The van der Waals surface area contributed by atoms with Crippen molar-refractivity contribution < 1.29 is 8.42 Å². The highest BCUT2D eigenvalue weighted by Crippen LogP contribution is 2.23. The summed E-state index contributed by atoms with van der Waals surface area (Å²) in [6.07, 6.45) is 3.64. The number of hydrogen-bond acceptors (Lipinski definition) is 2. The van der Waals surface area contributed by atoms with Crippen molar-refractivity contribution in [3.8, 4) is 0 Å². The van der Waals surface area contributed by atoms with Crippen molar-refractivity contribution in [1.82, 2.24) is 4.31 Å². The van der Waals surface area contributed by atoms with E-state index in [1.165, 1.54) is 4.31 Å². The van der Waals surface area contributed by atoms with Gasteiger partial charge in [0.05, 0.1) is 19.5 Å². The van der Waals surface area contributed by atoms with E-state index in [0.717, 1.165) is 22.3 Å². The molecule has 0 saturated heterocycles. The molecule has 0 aliphatic rings. The van der Waals surface area contributed by atoms with E-state index in [4.69, 9.17) is 0 Å². The minimum absolute atomic E-state index is 0.266. The maximum atomic E-state index is 13.5. The molecule has 0 aliphatic carbocycles. The smallest absolute Gasteiger partial charge is 0.264 e. The minimum atomic E-state index is -3.71. The Balaban J connectivity index is 2.05. The Morgan fingerprint density at radius 1 is 0.844 bits per heavy atom. The first-order valence-electron chi connectivity index (χ1n) is 10.7. The van der Waals surface area contributed by atoms with E-state index in [0.29, 0.717) is 4.90 Å². The molecule has 0 N–H and O–H groups in total. The van der Waals surface area contributed by atoms with E-state index >= 15 is 0 Å². The normalized spacial score (nSPS) is 12.8. The standard InChI is InChI=1S/C27H31NO2SSi/c1-23-15-17-27(18-16-23)31(29,30)28(21-24-11-7-5-8-12-24)20-19-26(22-32(2,3)4)25-13-9-6-10-14-25/h5-20,22H,21H2,1-4H3/b20-19+,26-22-. The fourth-order valence-corrected chi connectivity index (χ4v) is 5.80. The molecule has 3 aromatic carbocycles. The van der Waals surface area contributed by atoms with Crippen LogP contribution in [0.5, 0.6) is 0 Å². The molecule has 32 heavy (non-hydrogen) atoms. The number of rotatable bonds is 8. The van der Waals surface area contributed by atoms with Crippen LogP contribution in [0.2, 0.25) is 19.6 Å². The molecule has 0 atom stereocenters. The Morgan fingerprint density at radius 3 is 1.97 bits per heavy atom. The fourth-order valence-electron chi connectivity index (χ4n) is 3.32. The molecule has 0 radical (unpaired) electrons. The van der Waals surface area contributed by atoms with E-state index in [1.807, 2.05) is 73.7 Å². The van der Waals surface area contributed by atoms with E-state index in [1.54, 1.807) is 18.3 Å². The van der Waals surface area contributed by atoms with Gasteiger partial charge in [0, 0.05) is 6.20 Å². The average Bonchev–Trinajstić information content (AvgIpc) is 2.76. The Labute approximate surface area is 193 Å². The highest BCUT2D eigenvalue weighted by Gasteiger charge is 2.22. The number of nitrogens with zero attached hydrogens (tertiary/aromatic N) is 1. The van der Waals surface area contributed by atoms with Crippen LogP contribution in [0.1, 0.15) is 16.7 Å². The molecule has 0 bridgehead atoms. The quantitative estimate of drug-likeness (QED) is 0.278. The summed E-state index contributed by atoms with van der Waals surface area (Å²) in [4.78, 5) is 0.291. The molecule has 0 unspecified atom stereocenters. The van der Waals surface area contributed by atoms with Crippen LogP contribution in [-0.2, 0) is 16.6 Å². The molecule has 3 rings (SSSR count). The van der Waals surface area contributed by atoms with Crippen LogP contribution in [0.3, 0.4) is 0 Å². The predicted molar refractivity (Wildman–Crippen MR) is 137 cm³/mol. The second kappa shape index (κ2) is 10.2. The summed E-state index contributed by atoms with van der Waals surface area (Å²) in [6.45, 7) is 9.03. The molecule has 0 heterocycles. The minimum Gasteiger partial charge on any atom is -0.269 e. The largest absolute Gasteiger partial charge is 0.269 e. The lowest BCUT2D eigenvalue weighted by atomic mass is 10.1. The van der Waals surface area contributed by atoms with Gasteiger partial charge >= 0.3 is 0 Å². The van der Waals surface area contributed by atoms with E-state index in [9.17, 15) is 8.42 Å². The van der Waals surface area contributed by atoms with Gasteiger partial charge in [-0.3, -0.25) is 4.31 Å². The second-order valence-corrected chi connectivity index (χ2v) is 15.9. The summed E-state index contributed by atoms with van der Waals surface area (Å²) in [5.74, 6) is 0. The lowest BCUT2D eigenvalue weighted by molar-refractivity contribution is 0.495. The van der Waals surface area contributed by atoms with Crippen LogP contribution in [0.25, 0.3) is 5.57 Å². The second-order valence-electron chi connectivity index (χ2n) is 9.00. The molecule has 3 nitrogen and oxygen atoms in total. The van der Waals surface area contributed by atoms with Crippen molar-refractivity contribution in [3.05, 3.63) is 120 Å². The van der Waals surface area contributed by atoms with Crippen molar-refractivity contribution in [1.29, 1.82) is 0 Å². The Bertz CT molecular complexity index is 1180. The summed E-state index contributed by atoms with van der Waals surface area (Å²) in [5.41, 5.74) is 6.39. The first-order chi connectivity index (χ1) is 15.1. The molecule has 0 fully saturated rings. The van der Waals surface area contributed by atoms with E-state index in [-0.39, 0.29) is 6.54 Å². The van der Waals surface area contributed by atoms with Gasteiger partial charge in [0.25, 0.3) is 10.0 Å². The van der Waals surface area contributed by atoms with Crippen LogP contribution in [0.4, 0.5) is 0 Å². The van der Waals surface area contributed by atoms with E-state index in [2.05, 4.69) is 37.5 Å². The molecular weight excluding hydrogens is 430 g/mol. The molecule has 0 spiro atoms. The van der Waals surface area contributed by atoms with Crippen LogP contribution in [0.15, 0.2) is 108 Å². The number of hydrogen-bond donors (Lipinski definition) is 0. The molecule has 3 aromatic rings. The summed E-state index contributed by atoms with van der Waals surface area (Å²) in [6, 6.07) is 26.8. The average molecular weight is 462 g/mol. The van der Waals surface area contributed by atoms with Gasteiger partial charge in [0.15, 0.2) is 0 Å². The van der Waals surface area contributed by atoms with Gasteiger partial charge in [-0.2, -0.15) is 0 Å². The van der Waals surface area contributed by atoms with Crippen molar-refractivity contribution >= 4 is 23.7 Å². The molecular formula is C27H31NO2SSi. The molecule has 166 valence electrons. The van der Waals surface area contributed by atoms with Gasteiger partial charge in [-0.15, -0.1) is 0 Å². The fraction of sp³-hybridized carbons (Fsp3) is 0.185. The summed E-state index contributed by atoms with van der Waals surface area (Å²) < 4.78 is 28.5. The topological polar surface area (TPSA) is 37.4 Å². The van der Waals surface area contributed by atoms with Gasteiger partial charge in [-0.05, 0) is 41.8 Å². The monoisotopic (exact) mass is 461 g/mol. The highest BCUT2D eigenvalue weighted by molar-refractivity contribution is 7.89. The number of sulfonamides is 1. The Hall–Kier alpha value is -2.89. The zero-order chi connectivity index (χ0) is 23.2. The third kappa shape index (κ3) is 6.55. The van der Waals surface area contributed by atoms with Crippen molar-refractivity contribution in [3.63, 3.8) is 0 Å². The van der Waals surface area contributed by atoms with Crippen LogP contribution >= 0.6 is 0 Å². The van der Waals surface area contributed by atoms with Crippen LogP contribution in [0, 0.1) is 6.92 Å². The summed E-state index contributed by atoms with van der Waals surface area (Å²) in [5, 5.41) is 0. The first kappa shape index (κ1) is 23.8. The van der Waals surface area contributed by atoms with Gasteiger partial charge in [0.1, 0.15) is 0 Å². The molecule has 5 heteroatoms. The van der Waals surface area contributed by atoms with Gasteiger partial charge in [-0.1, -0.05) is 104 Å². The lowest BCUT2D eigenvalue weighted by Crippen LogP contribution is -2.25. The van der Waals surface area contributed by atoms with Crippen molar-refractivity contribution in [2.75, 3.05) is 0 Å².